The zero-order valence-corrected chi connectivity index (χ0v) is 11.5. The van der Waals surface area contributed by atoms with Crippen molar-refractivity contribution in [2.75, 3.05) is 6.61 Å². The van der Waals surface area contributed by atoms with Gasteiger partial charge in [0.25, 0.3) is 0 Å². The van der Waals surface area contributed by atoms with Crippen molar-refractivity contribution < 1.29 is 29.0 Å². The summed E-state index contributed by atoms with van der Waals surface area (Å²) in [6.45, 7) is 8.36. The van der Waals surface area contributed by atoms with E-state index in [1.807, 2.05) is 0 Å². The van der Waals surface area contributed by atoms with Gasteiger partial charge in [-0.2, -0.15) is 0 Å². The topological polar surface area (TPSA) is 89.9 Å². The molecule has 6 heteroatoms. The van der Waals surface area contributed by atoms with Crippen LogP contribution in [-0.4, -0.2) is 35.2 Å². The Labute approximate surface area is 112 Å². The standard InChI is InChI=1S/C13H20O6/c1-5-8-18-10(14)7-6-9(11(15)16)12(17)19-13(2,3)4/h5,9H,1,6-8H2,2-4H3,(H,15,16). The molecule has 0 aromatic heterocycles. The largest absolute Gasteiger partial charge is 0.481 e. The first-order valence-electron chi connectivity index (χ1n) is 5.89. The van der Waals surface area contributed by atoms with Gasteiger partial charge in [-0.05, 0) is 27.2 Å². The summed E-state index contributed by atoms with van der Waals surface area (Å²) in [5.41, 5.74) is -0.770. The predicted molar refractivity (Wildman–Crippen MR) is 67.4 cm³/mol. The third kappa shape index (κ3) is 7.96. The molecule has 0 aromatic rings. The van der Waals surface area contributed by atoms with E-state index in [4.69, 9.17) is 14.6 Å². The van der Waals surface area contributed by atoms with Crippen molar-refractivity contribution in [3.63, 3.8) is 0 Å². The van der Waals surface area contributed by atoms with Crippen LogP contribution in [0.5, 0.6) is 0 Å². The van der Waals surface area contributed by atoms with Crippen molar-refractivity contribution >= 4 is 17.9 Å². The molecule has 1 unspecified atom stereocenters. The van der Waals surface area contributed by atoms with E-state index in [2.05, 4.69) is 6.58 Å². The summed E-state index contributed by atoms with van der Waals surface area (Å²) < 4.78 is 9.69. The lowest BCUT2D eigenvalue weighted by Gasteiger charge is -2.22. The summed E-state index contributed by atoms with van der Waals surface area (Å²) in [6, 6.07) is 0. The van der Waals surface area contributed by atoms with E-state index in [1.165, 1.54) is 6.08 Å². The van der Waals surface area contributed by atoms with Crippen LogP contribution in [0.15, 0.2) is 12.7 Å². The normalized spacial score (nSPS) is 12.4. The van der Waals surface area contributed by atoms with E-state index >= 15 is 0 Å². The molecule has 6 nitrogen and oxygen atoms in total. The number of esters is 2. The van der Waals surface area contributed by atoms with Crippen LogP contribution >= 0.6 is 0 Å². The van der Waals surface area contributed by atoms with E-state index in [9.17, 15) is 14.4 Å². The van der Waals surface area contributed by atoms with Crippen molar-refractivity contribution in [2.45, 2.75) is 39.2 Å². The average molecular weight is 272 g/mol. The molecule has 0 saturated heterocycles. The maximum absolute atomic E-state index is 11.7. The van der Waals surface area contributed by atoms with Gasteiger partial charge < -0.3 is 14.6 Å². The highest BCUT2D eigenvalue weighted by molar-refractivity contribution is 5.94. The molecule has 1 N–H and O–H groups in total. The van der Waals surface area contributed by atoms with Gasteiger partial charge in [0.05, 0.1) is 0 Å². The predicted octanol–water partition coefficient (Wildman–Crippen LogP) is 1.54. The Bertz CT molecular complexity index is 353. The number of carbonyl (C=O) groups excluding carboxylic acids is 2. The Balaban J connectivity index is 4.42. The molecule has 0 heterocycles. The Hall–Kier alpha value is -1.85. The van der Waals surface area contributed by atoms with Crippen LogP contribution in [0.1, 0.15) is 33.6 Å². The second-order valence-electron chi connectivity index (χ2n) is 4.93. The fraction of sp³-hybridized carbons (Fsp3) is 0.615. The maximum atomic E-state index is 11.7. The van der Waals surface area contributed by atoms with Gasteiger partial charge in [0.1, 0.15) is 12.2 Å². The van der Waals surface area contributed by atoms with Crippen molar-refractivity contribution in [1.29, 1.82) is 0 Å². The SMILES string of the molecule is C=CCOC(=O)CCC(C(=O)O)C(=O)OC(C)(C)C. The summed E-state index contributed by atoms with van der Waals surface area (Å²) >= 11 is 0. The van der Waals surface area contributed by atoms with Crippen LogP contribution in [0, 0.1) is 5.92 Å². The summed E-state index contributed by atoms with van der Waals surface area (Å²) in [7, 11) is 0. The van der Waals surface area contributed by atoms with Gasteiger partial charge in [0.15, 0.2) is 5.92 Å². The van der Waals surface area contributed by atoms with Gasteiger partial charge in [-0.1, -0.05) is 12.7 Å². The molecule has 0 fully saturated rings. The average Bonchev–Trinajstić information content (AvgIpc) is 2.23. The maximum Gasteiger partial charge on any atom is 0.320 e. The minimum Gasteiger partial charge on any atom is -0.481 e. The van der Waals surface area contributed by atoms with Gasteiger partial charge in [0.2, 0.25) is 0 Å². The van der Waals surface area contributed by atoms with Crippen LogP contribution in [0.4, 0.5) is 0 Å². The van der Waals surface area contributed by atoms with Crippen LogP contribution in [-0.2, 0) is 23.9 Å². The van der Waals surface area contributed by atoms with Crippen molar-refractivity contribution in [1.82, 2.24) is 0 Å². The molecule has 0 aliphatic rings. The van der Waals surface area contributed by atoms with Gasteiger partial charge in [-0.3, -0.25) is 14.4 Å². The highest BCUT2D eigenvalue weighted by Crippen LogP contribution is 2.16. The van der Waals surface area contributed by atoms with Crippen LogP contribution in [0.2, 0.25) is 0 Å². The van der Waals surface area contributed by atoms with Crippen LogP contribution < -0.4 is 0 Å². The lowest BCUT2D eigenvalue weighted by molar-refractivity contribution is -0.167. The first kappa shape index (κ1) is 17.2. The molecule has 0 saturated carbocycles. The molecule has 0 spiro atoms. The lowest BCUT2D eigenvalue weighted by atomic mass is 10.0. The summed E-state index contributed by atoms with van der Waals surface area (Å²) in [6.07, 6.45) is 1.09. The summed E-state index contributed by atoms with van der Waals surface area (Å²) in [4.78, 5) is 33.9. The van der Waals surface area contributed by atoms with Crippen molar-refractivity contribution in [3.05, 3.63) is 12.7 Å². The molecule has 0 amide bonds. The number of rotatable bonds is 7. The van der Waals surface area contributed by atoms with E-state index < -0.39 is 29.4 Å². The smallest absolute Gasteiger partial charge is 0.320 e. The lowest BCUT2D eigenvalue weighted by Crippen LogP contribution is -2.33. The molecular formula is C13H20O6. The third-order valence-electron chi connectivity index (χ3n) is 1.99. The Morgan fingerprint density at radius 2 is 1.89 bits per heavy atom. The fourth-order valence-corrected chi connectivity index (χ4v) is 1.20. The Morgan fingerprint density at radius 3 is 2.32 bits per heavy atom. The molecule has 0 aliphatic carbocycles. The minimum atomic E-state index is -1.37. The second kappa shape index (κ2) is 7.56. The quantitative estimate of drug-likeness (QED) is 0.429. The van der Waals surface area contributed by atoms with Gasteiger partial charge >= 0.3 is 17.9 Å². The molecule has 0 radical (unpaired) electrons. The second-order valence-corrected chi connectivity index (χ2v) is 4.93. The van der Waals surface area contributed by atoms with Gasteiger partial charge in [-0.25, -0.2) is 0 Å². The zero-order valence-electron chi connectivity index (χ0n) is 11.5. The first-order valence-corrected chi connectivity index (χ1v) is 5.89. The van der Waals surface area contributed by atoms with E-state index in [0.29, 0.717) is 0 Å². The van der Waals surface area contributed by atoms with E-state index in [0.717, 1.165) is 0 Å². The number of hydrogen-bond acceptors (Lipinski definition) is 5. The van der Waals surface area contributed by atoms with Crippen LogP contribution in [0.25, 0.3) is 0 Å². The molecule has 19 heavy (non-hydrogen) atoms. The number of hydrogen-bond donors (Lipinski definition) is 1. The summed E-state index contributed by atoms with van der Waals surface area (Å²) in [5, 5.41) is 8.96. The number of carboxylic acid groups (broad SMARTS) is 1. The Morgan fingerprint density at radius 1 is 1.32 bits per heavy atom. The van der Waals surface area contributed by atoms with E-state index in [-0.39, 0.29) is 19.4 Å². The van der Waals surface area contributed by atoms with Gasteiger partial charge in [0, 0.05) is 6.42 Å². The molecule has 108 valence electrons. The monoisotopic (exact) mass is 272 g/mol. The highest BCUT2D eigenvalue weighted by Gasteiger charge is 2.31. The zero-order chi connectivity index (χ0) is 15.1. The number of carboxylic acids is 1. The molecule has 1 atom stereocenters. The number of ether oxygens (including phenoxy) is 2. The van der Waals surface area contributed by atoms with Crippen LogP contribution in [0.3, 0.4) is 0 Å². The highest BCUT2D eigenvalue weighted by atomic mass is 16.6. The fourth-order valence-electron chi connectivity index (χ4n) is 1.20. The van der Waals surface area contributed by atoms with Crippen molar-refractivity contribution in [3.8, 4) is 0 Å². The minimum absolute atomic E-state index is 0.0585. The molecule has 0 rings (SSSR count). The molecule has 0 aromatic carbocycles. The van der Waals surface area contributed by atoms with E-state index in [1.54, 1.807) is 20.8 Å². The molecular weight excluding hydrogens is 252 g/mol. The van der Waals surface area contributed by atoms with Crippen molar-refractivity contribution in [2.24, 2.45) is 5.92 Å². The number of carbonyl (C=O) groups is 3. The number of aliphatic carboxylic acids is 1. The Kier molecular flexibility index (Phi) is 6.82. The first-order chi connectivity index (χ1) is 8.67. The third-order valence-corrected chi connectivity index (χ3v) is 1.99. The van der Waals surface area contributed by atoms with Gasteiger partial charge in [-0.15, -0.1) is 0 Å². The molecule has 0 aliphatic heterocycles. The molecule has 0 bridgehead atoms. The summed E-state index contributed by atoms with van der Waals surface area (Å²) in [5.74, 6) is -4.10.